The molecule has 194 valence electrons. The molecule has 37 heavy (non-hydrogen) atoms. The van der Waals surface area contributed by atoms with Crippen molar-refractivity contribution in [1.29, 1.82) is 0 Å². The zero-order valence-corrected chi connectivity index (χ0v) is 22.4. The Labute approximate surface area is 224 Å². The minimum absolute atomic E-state index is 0.0574. The van der Waals surface area contributed by atoms with Crippen molar-refractivity contribution in [3.63, 3.8) is 0 Å². The number of methoxy groups -OCH3 is 1. The first kappa shape index (κ1) is 26.5. The zero-order chi connectivity index (χ0) is 26.2. The Morgan fingerprint density at radius 3 is 2.35 bits per heavy atom. The smallest absolute Gasteiger partial charge is 0.234 e. The van der Waals surface area contributed by atoms with Gasteiger partial charge in [0, 0.05) is 49.9 Å². The van der Waals surface area contributed by atoms with Crippen molar-refractivity contribution in [2.45, 2.75) is 17.7 Å². The molecule has 11 heteroatoms. The van der Waals surface area contributed by atoms with Gasteiger partial charge in [-0.3, -0.25) is 14.4 Å². The average molecular weight is 540 g/mol. The molecule has 2 heterocycles. The normalized spacial score (nSPS) is 13.2. The lowest BCUT2D eigenvalue weighted by molar-refractivity contribution is -0.130. The number of piperazine rings is 1. The van der Waals surface area contributed by atoms with Crippen LogP contribution in [-0.2, 0) is 20.8 Å². The van der Waals surface area contributed by atoms with Crippen molar-refractivity contribution >= 4 is 57.9 Å². The summed E-state index contributed by atoms with van der Waals surface area (Å²) in [5.74, 6) is 0.798. The molecule has 4 rings (SSSR count). The average Bonchev–Trinajstić information content (AvgIpc) is 3.35. The summed E-state index contributed by atoms with van der Waals surface area (Å²) in [5.41, 5.74) is 3.09. The van der Waals surface area contributed by atoms with Gasteiger partial charge in [-0.05, 0) is 36.4 Å². The van der Waals surface area contributed by atoms with E-state index >= 15 is 0 Å². The highest BCUT2D eigenvalue weighted by atomic mass is 32.2. The molecule has 1 aliphatic rings. The maximum Gasteiger partial charge on any atom is 0.234 e. The van der Waals surface area contributed by atoms with E-state index in [4.69, 9.17) is 4.74 Å². The van der Waals surface area contributed by atoms with Crippen LogP contribution in [0.1, 0.15) is 12.6 Å². The Kier molecular flexibility index (Phi) is 9.02. The molecule has 0 saturated carbocycles. The molecule has 0 aliphatic carbocycles. The Balaban J connectivity index is 1.21. The lowest BCUT2D eigenvalue weighted by atomic mass is 10.2. The number of amides is 3. The van der Waals surface area contributed by atoms with Gasteiger partial charge in [0.1, 0.15) is 5.75 Å². The summed E-state index contributed by atoms with van der Waals surface area (Å²) in [4.78, 5) is 44.9. The minimum atomic E-state index is -0.155. The number of carbonyl (C=O) groups is 3. The van der Waals surface area contributed by atoms with Crippen LogP contribution in [0.4, 0.5) is 17.1 Å². The SMILES string of the molecule is COc1ccccc1N1CCN(C(=O)Cc2csc(SCC(=O)Nc3ccc(NC(C)=O)cc3)n2)CC1. The van der Waals surface area contributed by atoms with Crippen molar-refractivity contribution in [1.82, 2.24) is 9.88 Å². The lowest BCUT2D eigenvalue weighted by Gasteiger charge is -2.36. The maximum absolute atomic E-state index is 12.8. The summed E-state index contributed by atoms with van der Waals surface area (Å²) in [6, 6.07) is 14.8. The van der Waals surface area contributed by atoms with Gasteiger partial charge in [0.15, 0.2) is 4.34 Å². The molecule has 0 bridgehead atoms. The number of nitrogens with zero attached hydrogens (tertiary/aromatic N) is 3. The standard InChI is InChI=1S/C26H29N5O4S2/c1-18(32)27-19-7-9-20(10-8-19)28-24(33)17-37-26-29-21(16-36-26)15-25(34)31-13-11-30(12-14-31)22-5-3-4-6-23(22)35-2/h3-10,16H,11-15,17H2,1-2H3,(H,27,32)(H,28,33). The molecule has 9 nitrogen and oxygen atoms in total. The van der Waals surface area contributed by atoms with Gasteiger partial charge in [-0.25, -0.2) is 4.98 Å². The molecule has 1 aromatic heterocycles. The number of thiazole rings is 1. The van der Waals surface area contributed by atoms with Crippen molar-refractivity contribution < 1.29 is 19.1 Å². The first-order valence-electron chi connectivity index (χ1n) is 11.8. The molecule has 0 spiro atoms. The second-order valence-corrected chi connectivity index (χ2v) is 10.5. The summed E-state index contributed by atoms with van der Waals surface area (Å²) in [5, 5.41) is 7.39. The Morgan fingerprint density at radius 2 is 1.68 bits per heavy atom. The molecule has 1 aliphatic heterocycles. The highest BCUT2D eigenvalue weighted by Crippen LogP contribution is 2.28. The lowest BCUT2D eigenvalue weighted by Crippen LogP contribution is -2.49. The Hall–Kier alpha value is -3.57. The van der Waals surface area contributed by atoms with E-state index in [1.165, 1.54) is 30.0 Å². The van der Waals surface area contributed by atoms with Gasteiger partial charge in [-0.1, -0.05) is 23.9 Å². The predicted octanol–water partition coefficient (Wildman–Crippen LogP) is 3.73. The molecule has 1 saturated heterocycles. The number of hydrogen-bond acceptors (Lipinski definition) is 8. The number of anilines is 3. The molecule has 0 radical (unpaired) electrons. The number of benzene rings is 2. The van der Waals surface area contributed by atoms with Gasteiger partial charge in [0.25, 0.3) is 0 Å². The quantitative estimate of drug-likeness (QED) is 0.399. The number of rotatable bonds is 9. The van der Waals surface area contributed by atoms with E-state index in [1.807, 2.05) is 34.5 Å². The van der Waals surface area contributed by atoms with E-state index in [-0.39, 0.29) is 29.9 Å². The van der Waals surface area contributed by atoms with Crippen LogP contribution in [0, 0.1) is 0 Å². The van der Waals surface area contributed by atoms with Crippen molar-refractivity contribution in [3.8, 4) is 5.75 Å². The predicted molar refractivity (Wildman–Crippen MR) is 148 cm³/mol. The Morgan fingerprint density at radius 1 is 1.00 bits per heavy atom. The molecule has 2 aromatic carbocycles. The zero-order valence-electron chi connectivity index (χ0n) is 20.7. The largest absolute Gasteiger partial charge is 0.495 e. The van der Waals surface area contributed by atoms with Gasteiger partial charge in [-0.2, -0.15) is 0 Å². The Bertz CT molecular complexity index is 1240. The minimum Gasteiger partial charge on any atom is -0.495 e. The van der Waals surface area contributed by atoms with Gasteiger partial charge < -0.3 is 25.2 Å². The number of ether oxygens (including phenoxy) is 1. The highest BCUT2D eigenvalue weighted by molar-refractivity contribution is 8.01. The van der Waals surface area contributed by atoms with Gasteiger partial charge in [0.05, 0.1) is 30.7 Å². The summed E-state index contributed by atoms with van der Waals surface area (Å²) in [6.45, 7) is 4.23. The fraction of sp³-hybridized carbons (Fsp3) is 0.308. The molecular weight excluding hydrogens is 510 g/mol. The van der Waals surface area contributed by atoms with E-state index in [9.17, 15) is 14.4 Å². The van der Waals surface area contributed by atoms with Crippen LogP contribution >= 0.6 is 23.1 Å². The summed E-state index contributed by atoms with van der Waals surface area (Å²) in [7, 11) is 1.67. The summed E-state index contributed by atoms with van der Waals surface area (Å²) < 4.78 is 6.22. The molecule has 3 aromatic rings. The summed E-state index contributed by atoms with van der Waals surface area (Å²) >= 11 is 2.77. The topological polar surface area (TPSA) is 104 Å². The van der Waals surface area contributed by atoms with Crippen LogP contribution in [0.15, 0.2) is 58.3 Å². The van der Waals surface area contributed by atoms with Crippen molar-refractivity contribution in [3.05, 3.63) is 59.6 Å². The van der Waals surface area contributed by atoms with E-state index < -0.39 is 0 Å². The number of thioether (sulfide) groups is 1. The van der Waals surface area contributed by atoms with Crippen molar-refractivity contribution in [2.24, 2.45) is 0 Å². The number of para-hydroxylation sites is 2. The van der Waals surface area contributed by atoms with Crippen LogP contribution < -0.4 is 20.3 Å². The van der Waals surface area contributed by atoms with Crippen LogP contribution in [0.5, 0.6) is 5.75 Å². The van der Waals surface area contributed by atoms with Crippen LogP contribution in [0.25, 0.3) is 0 Å². The van der Waals surface area contributed by atoms with Gasteiger partial charge in [-0.15, -0.1) is 11.3 Å². The molecule has 3 amide bonds. The van der Waals surface area contributed by atoms with Crippen molar-refractivity contribution in [2.75, 3.05) is 54.6 Å². The highest BCUT2D eigenvalue weighted by Gasteiger charge is 2.23. The van der Waals surface area contributed by atoms with Gasteiger partial charge in [0.2, 0.25) is 17.7 Å². The monoisotopic (exact) mass is 539 g/mol. The fourth-order valence-corrected chi connectivity index (χ4v) is 5.60. The van der Waals surface area contributed by atoms with Crippen LogP contribution in [0.3, 0.4) is 0 Å². The molecule has 1 fully saturated rings. The second kappa shape index (κ2) is 12.6. The maximum atomic E-state index is 12.8. The molecule has 0 atom stereocenters. The number of hydrogen-bond donors (Lipinski definition) is 2. The number of aromatic nitrogens is 1. The third-order valence-corrected chi connectivity index (χ3v) is 7.81. The van der Waals surface area contributed by atoms with E-state index in [1.54, 1.807) is 31.4 Å². The number of nitrogens with one attached hydrogen (secondary N) is 2. The van der Waals surface area contributed by atoms with E-state index in [2.05, 4.69) is 20.5 Å². The second-order valence-electron chi connectivity index (χ2n) is 8.42. The first-order valence-corrected chi connectivity index (χ1v) is 13.7. The third-order valence-electron chi connectivity index (χ3n) is 5.74. The molecule has 0 unspecified atom stereocenters. The fourth-order valence-electron chi connectivity index (χ4n) is 3.95. The summed E-state index contributed by atoms with van der Waals surface area (Å²) in [6.07, 6.45) is 0.249. The molecule has 2 N–H and O–H groups in total. The first-order chi connectivity index (χ1) is 17.9. The molecular formula is C26H29N5O4S2. The van der Waals surface area contributed by atoms with E-state index in [0.717, 1.165) is 34.6 Å². The number of carbonyl (C=O) groups excluding carboxylic acids is 3. The third kappa shape index (κ3) is 7.46. The van der Waals surface area contributed by atoms with Crippen LogP contribution in [-0.4, -0.2) is 66.6 Å². The van der Waals surface area contributed by atoms with Crippen LogP contribution in [0.2, 0.25) is 0 Å². The van der Waals surface area contributed by atoms with Gasteiger partial charge >= 0.3 is 0 Å². The van der Waals surface area contributed by atoms with E-state index in [0.29, 0.717) is 24.5 Å².